The second-order valence-corrected chi connectivity index (χ2v) is 10.0. The van der Waals surface area contributed by atoms with E-state index in [9.17, 15) is 0 Å². The molecule has 8 heteroatoms. The van der Waals surface area contributed by atoms with Crippen LogP contribution < -0.4 is 14.5 Å². The van der Waals surface area contributed by atoms with Gasteiger partial charge in [0, 0.05) is 57.7 Å². The fraction of sp³-hybridized carbons (Fsp3) is 0.452. The van der Waals surface area contributed by atoms with Crippen molar-refractivity contribution in [3.8, 4) is 5.75 Å². The van der Waals surface area contributed by atoms with Gasteiger partial charge in [0.05, 0.1) is 46.8 Å². The molecule has 39 heavy (non-hydrogen) atoms. The fourth-order valence-corrected chi connectivity index (χ4v) is 4.96. The molecule has 3 heterocycles. The van der Waals surface area contributed by atoms with E-state index in [4.69, 9.17) is 23.9 Å². The summed E-state index contributed by atoms with van der Waals surface area (Å²) >= 11 is 0. The molecule has 0 N–H and O–H groups in total. The zero-order valence-corrected chi connectivity index (χ0v) is 23.0. The summed E-state index contributed by atoms with van der Waals surface area (Å²) in [5.74, 6) is 1.80. The average molecular weight is 533 g/mol. The Kier molecular flexibility index (Phi) is 10.0. The molecule has 0 aliphatic carbocycles. The standard InChI is InChI=1S/C31H40N4O4/c1-36-30-4-2-3-27(21-30)24-35(23-26-5-8-29(9-6-26)34-14-19-38-20-15-34)31-10-7-28(22-32-31)25-39-18-13-33-11-16-37-17-12-33/h2-10,21-22H,11-20,23-25H2,1H3. The van der Waals surface area contributed by atoms with Gasteiger partial charge in [-0.3, -0.25) is 4.90 Å². The number of rotatable bonds is 12. The molecule has 5 rings (SSSR count). The topological polar surface area (TPSA) is 59.5 Å². The molecule has 2 aromatic carbocycles. The van der Waals surface area contributed by atoms with Gasteiger partial charge in [0.2, 0.25) is 0 Å². The van der Waals surface area contributed by atoms with Crippen molar-refractivity contribution in [1.29, 1.82) is 0 Å². The Hall–Kier alpha value is -3.17. The van der Waals surface area contributed by atoms with Gasteiger partial charge in [0.25, 0.3) is 0 Å². The number of pyridine rings is 1. The van der Waals surface area contributed by atoms with Gasteiger partial charge in [-0.05, 0) is 47.0 Å². The molecule has 2 fully saturated rings. The van der Waals surface area contributed by atoms with E-state index in [2.05, 4.69) is 63.2 Å². The predicted octanol–water partition coefficient (Wildman–Crippen LogP) is 3.98. The Labute approximate surface area is 232 Å². The number of benzene rings is 2. The van der Waals surface area contributed by atoms with Gasteiger partial charge >= 0.3 is 0 Å². The average Bonchev–Trinajstić information content (AvgIpc) is 3.01. The number of methoxy groups -OCH3 is 1. The summed E-state index contributed by atoms with van der Waals surface area (Å²) in [6.07, 6.45) is 1.93. The Morgan fingerprint density at radius 2 is 1.54 bits per heavy atom. The first-order chi connectivity index (χ1) is 19.3. The summed E-state index contributed by atoms with van der Waals surface area (Å²) < 4.78 is 22.3. The molecule has 3 aromatic rings. The summed E-state index contributed by atoms with van der Waals surface area (Å²) in [5.41, 5.74) is 4.75. The number of anilines is 2. The van der Waals surface area contributed by atoms with Crippen molar-refractivity contribution in [3.63, 3.8) is 0 Å². The van der Waals surface area contributed by atoms with E-state index >= 15 is 0 Å². The number of ether oxygens (including phenoxy) is 4. The molecule has 0 spiro atoms. The first-order valence-electron chi connectivity index (χ1n) is 13.9. The minimum absolute atomic E-state index is 0.566. The van der Waals surface area contributed by atoms with E-state index in [0.717, 1.165) is 89.4 Å². The number of hydrogen-bond donors (Lipinski definition) is 0. The van der Waals surface area contributed by atoms with Crippen LogP contribution in [0, 0.1) is 0 Å². The first-order valence-corrected chi connectivity index (χ1v) is 13.9. The van der Waals surface area contributed by atoms with Crippen molar-refractivity contribution in [3.05, 3.63) is 83.6 Å². The van der Waals surface area contributed by atoms with Gasteiger partial charge < -0.3 is 28.7 Å². The molecule has 2 saturated heterocycles. The van der Waals surface area contributed by atoms with Crippen LogP contribution in [0.5, 0.6) is 5.75 Å². The number of hydrogen-bond acceptors (Lipinski definition) is 8. The monoisotopic (exact) mass is 532 g/mol. The molecule has 0 saturated carbocycles. The summed E-state index contributed by atoms with van der Waals surface area (Å²) in [4.78, 5) is 11.9. The van der Waals surface area contributed by atoms with E-state index in [1.807, 2.05) is 18.3 Å². The van der Waals surface area contributed by atoms with Gasteiger partial charge in [0.15, 0.2) is 0 Å². The summed E-state index contributed by atoms with van der Waals surface area (Å²) in [6, 6.07) is 21.3. The van der Waals surface area contributed by atoms with Crippen molar-refractivity contribution in [2.75, 3.05) is 82.7 Å². The molecular weight excluding hydrogens is 492 g/mol. The van der Waals surface area contributed by atoms with E-state index < -0.39 is 0 Å². The minimum atomic E-state index is 0.566. The highest BCUT2D eigenvalue weighted by Crippen LogP contribution is 2.23. The Balaban J connectivity index is 1.23. The van der Waals surface area contributed by atoms with Gasteiger partial charge in [0.1, 0.15) is 11.6 Å². The van der Waals surface area contributed by atoms with Crippen molar-refractivity contribution < 1.29 is 18.9 Å². The molecule has 2 aliphatic heterocycles. The highest BCUT2D eigenvalue weighted by atomic mass is 16.5. The quantitative estimate of drug-likeness (QED) is 0.325. The third-order valence-corrected chi connectivity index (χ3v) is 7.25. The minimum Gasteiger partial charge on any atom is -0.497 e. The molecule has 1 aromatic heterocycles. The van der Waals surface area contributed by atoms with Crippen molar-refractivity contribution in [2.45, 2.75) is 19.7 Å². The van der Waals surface area contributed by atoms with E-state index in [0.29, 0.717) is 13.2 Å². The lowest BCUT2D eigenvalue weighted by molar-refractivity contribution is 0.0180. The maximum absolute atomic E-state index is 5.94. The molecule has 208 valence electrons. The Morgan fingerprint density at radius 1 is 0.821 bits per heavy atom. The van der Waals surface area contributed by atoms with Gasteiger partial charge in [-0.1, -0.05) is 30.3 Å². The van der Waals surface area contributed by atoms with Crippen LogP contribution in [0.25, 0.3) is 0 Å². The zero-order chi connectivity index (χ0) is 26.7. The normalized spacial score (nSPS) is 16.3. The van der Waals surface area contributed by atoms with E-state index in [1.165, 1.54) is 16.8 Å². The second kappa shape index (κ2) is 14.3. The molecule has 0 radical (unpaired) electrons. The molecule has 0 atom stereocenters. The highest BCUT2D eigenvalue weighted by molar-refractivity contribution is 5.49. The van der Waals surface area contributed by atoms with E-state index in [-0.39, 0.29) is 0 Å². The van der Waals surface area contributed by atoms with Crippen LogP contribution in [0.2, 0.25) is 0 Å². The Morgan fingerprint density at radius 3 is 2.26 bits per heavy atom. The predicted molar refractivity (Wildman–Crippen MR) is 154 cm³/mol. The van der Waals surface area contributed by atoms with Crippen LogP contribution >= 0.6 is 0 Å². The zero-order valence-electron chi connectivity index (χ0n) is 23.0. The fourth-order valence-electron chi connectivity index (χ4n) is 4.96. The lowest BCUT2D eigenvalue weighted by Crippen LogP contribution is -2.38. The molecule has 0 amide bonds. The third kappa shape index (κ3) is 8.16. The van der Waals surface area contributed by atoms with Crippen LogP contribution in [0.3, 0.4) is 0 Å². The van der Waals surface area contributed by atoms with Crippen LogP contribution in [-0.2, 0) is 33.9 Å². The smallest absolute Gasteiger partial charge is 0.129 e. The van der Waals surface area contributed by atoms with Gasteiger partial charge in [-0.2, -0.15) is 0 Å². The second-order valence-electron chi connectivity index (χ2n) is 10.0. The highest BCUT2D eigenvalue weighted by Gasteiger charge is 2.14. The third-order valence-electron chi connectivity index (χ3n) is 7.25. The molecule has 0 unspecified atom stereocenters. The lowest BCUT2D eigenvalue weighted by Gasteiger charge is -2.29. The first kappa shape index (κ1) is 27.4. The summed E-state index contributed by atoms with van der Waals surface area (Å²) in [7, 11) is 1.70. The van der Waals surface area contributed by atoms with Crippen molar-refractivity contribution in [2.24, 2.45) is 0 Å². The van der Waals surface area contributed by atoms with Crippen LogP contribution in [0.15, 0.2) is 66.9 Å². The summed E-state index contributed by atoms with van der Waals surface area (Å²) in [5, 5.41) is 0. The van der Waals surface area contributed by atoms with E-state index in [1.54, 1.807) is 7.11 Å². The summed E-state index contributed by atoms with van der Waals surface area (Å²) in [6.45, 7) is 10.8. The number of aromatic nitrogens is 1. The largest absolute Gasteiger partial charge is 0.497 e. The maximum atomic E-state index is 5.94. The number of nitrogens with zero attached hydrogens (tertiary/aromatic N) is 4. The molecule has 8 nitrogen and oxygen atoms in total. The van der Waals surface area contributed by atoms with Crippen molar-refractivity contribution >= 4 is 11.5 Å². The SMILES string of the molecule is COc1cccc(CN(Cc2ccc(N3CCOCC3)cc2)c2ccc(COCCN3CCOCC3)cn2)c1. The Bertz CT molecular complexity index is 1130. The van der Waals surface area contributed by atoms with Gasteiger partial charge in [-0.15, -0.1) is 0 Å². The molecule has 0 bridgehead atoms. The maximum Gasteiger partial charge on any atom is 0.129 e. The van der Waals surface area contributed by atoms with Gasteiger partial charge in [-0.25, -0.2) is 4.98 Å². The van der Waals surface area contributed by atoms with Crippen LogP contribution in [0.1, 0.15) is 16.7 Å². The van der Waals surface area contributed by atoms with Crippen LogP contribution in [0.4, 0.5) is 11.5 Å². The van der Waals surface area contributed by atoms with Crippen molar-refractivity contribution in [1.82, 2.24) is 9.88 Å². The molecule has 2 aliphatic rings. The molecular formula is C31H40N4O4. The number of morpholine rings is 2. The lowest BCUT2D eigenvalue weighted by atomic mass is 10.1. The van der Waals surface area contributed by atoms with Crippen LogP contribution in [-0.4, -0.2) is 82.8 Å².